The monoisotopic (exact) mass is 314 g/mol. The van der Waals surface area contributed by atoms with Crippen LogP contribution in [0, 0.1) is 5.92 Å². The molecule has 4 heteroatoms. The summed E-state index contributed by atoms with van der Waals surface area (Å²) in [5.74, 6) is 1.04. The van der Waals surface area contributed by atoms with Crippen molar-refractivity contribution in [2.75, 3.05) is 25.0 Å². The maximum atomic E-state index is 12.5. The molecule has 0 radical (unpaired) electrons. The standard InChI is InChI=1S/C19H26N2O2/c1-13-7-9-21(10-8-13)17(22)12-14-5-6-16-15(11-14)19(2,3)18(23)20(16)4/h5-6,11,13H,7-10,12H2,1-4H3. The minimum absolute atomic E-state index is 0.112. The number of piperidine rings is 1. The highest BCUT2D eigenvalue weighted by molar-refractivity contribution is 6.07. The molecule has 2 aliphatic rings. The van der Waals surface area contributed by atoms with Gasteiger partial charge in [0.15, 0.2) is 0 Å². The quantitative estimate of drug-likeness (QED) is 0.842. The molecule has 23 heavy (non-hydrogen) atoms. The Morgan fingerprint density at radius 2 is 1.91 bits per heavy atom. The van der Waals surface area contributed by atoms with Crippen molar-refractivity contribution in [1.29, 1.82) is 0 Å². The SMILES string of the molecule is CC1CCN(C(=O)Cc2ccc3c(c2)C(C)(C)C(=O)N3C)CC1. The number of hydrogen-bond donors (Lipinski definition) is 0. The molecule has 0 bridgehead atoms. The van der Waals surface area contributed by atoms with Gasteiger partial charge in [0.25, 0.3) is 0 Å². The zero-order chi connectivity index (χ0) is 16.8. The molecule has 1 aromatic rings. The highest BCUT2D eigenvalue weighted by atomic mass is 16.2. The largest absolute Gasteiger partial charge is 0.342 e. The van der Waals surface area contributed by atoms with Crippen LogP contribution in [0.25, 0.3) is 0 Å². The Hall–Kier alpha value is -1.84. The van der Waals surface area contributed by atoms with Gasteiger partial charge in [-0.2, -0.15) is 0 Å². The molecule has 0 spiro atoms. The number of carbonyl (C=O) groups is 2. The number of nitrogens with zero attached hydrogens (tertiary/aromatic N) is 2. The molecule has 2 amide bonds. The molecule has 1 saturated heterocycles. The van der Waals surface area contributed by atoms with Gasteiger partial charge >= 0.3 is 0 Å². The Bertz CT molecular complexity index is 643. The number of amides is 2. The van der Waals surface area contributed by atoms with Gasteiger partial charge in [-0.25, -0.2) is 0 Å². The molecule has 124 valence electrons. The molecule has 0 unspecified atom stereocenters. The zero-order valence-corrected chi connectivity index (χ0v) is 14.6. The molecule has 3 rings (SSSR count). The van der Waals surface area contributed by atoms with Gasteiger partial charge in [-0.1, -0.05) is 19.1 Å². The van der Waals surface area contributed by atoms with Crippen LogP contribution in [0.2, 0.25) is 0 Å². The summed E-state index contributed by atoms with van der Waals surface area (Å²) >= 11 is 0. The number of likely N-dealkylation sites (tertiary alicyclic amines) is 1. The maximum absolute atomic E-state index is 12.5. The lowest BCUT2D eigenvalue weighted by molar-refractivity contribution is -0.131. The van der Waals surface area contributed by atoms with Crippen LogP contribution >= 0.6 is 0 Å². The van der Waals surface area contributed by atoms with E-state index in [4.69, 9.17) is 0 Å². The minimum atomic E-state index is -0.510. The van der Waals surface area contributed by atoms with Crippen molar-refractivity contribution in [3.05, 3.63) is 29.3 Å². The van der Waals surface area contributed by atoms with E-state index in [0.29, 0.717) is 6.42 Å². The van der Waals surface area contributed by atoms with E-state index in [0.717, 1.165) is 48.7 Å². The summed E-state index contributed by atoms with van der Waals surface area (Å²) in [4.78, 5) is 28.6. The highest BCUT2D eigenvalue weighted by Gasteiger charge is 2.42. The van der Waals surface area contributed by atoms with E-state index < -0.39 is 5.41 Å². The number of likely N-dealkylation sites (N-methyl/N-ethyl adjacent to an activating group) is 1. The Morgan fingerprint density at radius 3 is 2.57 bits per heavy atom. The summed E-state index contributed by atoms with van der Waals surface area (Å²) in [6, 6.07) is 6.00. The molecule has 1 fully saturated rings. The first-order valence-electron chi connectivity index (χ1n) is 8.50. The van der Waals surface area contributed by atoms with E-state index >= 15 is 0 Å². The van der Waals surface area contributed by atoms with Gasteiger partial charge in [-0.3, -0.25) is 9.59 Å². The smallest absolute Gasteiger partial charge is 0.236 e. The van der Waals surface area contributed by atoms with Gasteiger partial charge in [0, 0.05) is 25.8 Å². The van der Waals surface area contributed by atoms with E-state index in [1.165, 1.54) is 0 Å². The first-order valence-corrected chi connectivity index (χ1v) is 8.50. The molecule has 0 saturated carbocycles. The number of hydrogen-bond acceptors (Lipinski definition) is 2. The highest BCUT2D eigenvalue weighted by Crippen LogP contribution is 2.41. The summed E-state index contributed by atoms with van der Waals surface area (Å²) in [5.41, 5.74) is 2.48. The Balaban J connectivity index is 1.77. The van der Waals surface area contributed by atoms with Crippen LogP contribution in [0.15, 0.2) is 18.2 Å². The zero-order valence-electron chi connectivity index (χ0n) is 14.6. The normalized spacial score (nSPS) is 20.8. The van der Waals surface area contributed by atoms with Crippen LogP contribution in [-0.2, 0) is 21.4 Å². The molecular weight excluding hydrogens is 288 g/mol. The molecular formula is C19H26N2O2. The predicted octanol–water partition coefficient (Wildman–Crippen LogP) is 2.74. The topological polar surface area (TPSA) is 40.6 Å². The van der Waals surface area contributed by atoms with Crippen molar-refractivity contribution in [2.45, 2.75) is 45.4 Å². The van der Waals surface area contributed by atoms with Gasteiger partial charge in [0.2, 0.25) is 11.8 Å². The average Bonchev–Trinajstić information content (AvgIpc) is 2.69. The van der Waals surface area contributed by atoms with E-state index in [1.807, 2.05) is 44.0 Å². The lowest BCUT2D eigenvalue weighted by atomic mass is 9.85. The van der Waals surface area contributed by atoms with Gasteiger partial charge < -0.3 is 9.80 Å². The molecule has 0 aliphatic carbocycles. The molecule has 2 heterocycles. The molecule has 0 atom stereocenters. The predicted molar refractivity (Wildman–Crippen MR) is 91.6 cm³/mol. The van der Waals surface area contributed by atoms with Crippen LogP contribution < -0.4 is 4.90 Å². The Morgan fingerprint density at radius 1 is 1.26 bits per heavy atom. The Kier molecular flexibility index (Phi) is 3.95. The van der Waals surface area contributed by atoms with Crippen LogP contribution in [0.1, 0.15) is 44.7 Å². The molecule has 1 aromatic carbocycles. The van der Waals surface area contributed by atoms with Gasteiger partial charge in [-0.15, -0.1) is 0 Å². The van der Waals surface area contributed by atoms with Crippen molar-refractivity contribution >= 4 is 17.5 Å². The second-order valence-electron chi connectivity index (χ2n) is 7.58. The molecule has 2 aliphatic heterocycles. The lowest BCUT2D eigenvalue weighted by Crippen LogP contribution is -2.38. The third-order valence-corrected chi connectivity index (χ3v) is 5.43. The second-order valence-corrected chi connectivity index (χ2v) is 7.58. The van der Waals surface area contributed by atoms with Gasteiger partial charge in [0.1, 0.15) is 0 Å². The second kappa shape index (κ2) is 5.66. The van der Waals surface area contributed by atoms with Crippen molar-refractivity contribution in [3.63, 3.8) is 0 Å². The summed E-state index contributed by atoms with van der Waals surface area (Å²) in [5, 5.41) is 0. The lowest BCUT2D eigenvalue weighted by Gasteiger charge is -2.30. The number of anilines is 1. The van der Waals surface area contributed by atoms with E-state index in [9.17, 15) is 9.59 Å². The Labute approximate surface area is 138 Å². The van der Waals surface area contributed by atoms with Crippen LogP contribution in [0.4, 0.5) is 5.69 Å². The summed E-state index contributed by atoms with van der Waals surface area (Å²) in [6.45, 7) is 7.90. The van der Waals surface area contributed by atoms with E-state index in [2.05, 4.69) is 6.92 Å². The fraction of sp³-hybridized carbons (Fsp3) is 0.579. The van der Waals surface area contributed by atoms with Crippen molar-refractivity contribution in [2.24, 2.45) is 5.92 Å². The number of fused-ring (bicyclic) bond motifs is 1. The van der Waals surface area contributed by atoms with Gasteiger partial charge in [0.05, 0.1) is 11.8 Å². The van der Waals surface area contributed by atoms with E-state index in [-0.39, 0.29) is 11.8 Å². The summed E-state index contributed by atoms with van der Waals surface area (Å²) in [7, 11) is 1.82. The van der Waals surface area contributed by atoms with Crippen LogP contribution in [0.5, 0.6) is 0 Å². The molecule has 0 aromatic heterocycles. The van der Waals surface area contributed by atoms with E-state index in [1.54, 1.807) is 4.90 Å². The molecule has 0 N–H and O–H groups in total. The van der Waals surface area contributed by atoms with Crippen molar-refractivity contribution in [3.8, 4) is 0 Å². The first kappa shape index (κ1) is 16.0. The van der Waals surface area contributed by atoms with Crippen LogP contribution in [0.3, 0.4) is 0 Å². The number of carbonyl (C=O) groups excluding carboxylic acids is 2. The third-order valence-electron chi connectivity index (χ3n) is 5.43. The first-order chi connectivity index (χ1) is 10.8. The summed E-state index contributed by atoms with van der Waals surface area (Å²) < 4.78 is 0. The number of benzene rings is 1. The van der Waals surface area contributed by atoms with Gasteiger partial charge in [-0.05, 0) is 49.8 Å². The average molecular weight is 314 g/mol. The van der Waals surface area contributed by atoms with Crippen LogP contribution in [-0.4, -0.2) is 36.9 Å². The molecule has 4 nitrogen and oxygen atoms in total. The fourth-order valence-electron chi connectivity index (χ4n) is 3.67. The van der Waals surface area contributed by atoms with Crippen molar-refractivity contribution in [1.82, 2.24) is 4.90 Å². The summed E-state index contributed by atoms with van der Waals surface area (Å²) in [6.07, 6.45) is 2.63. The maximum Gasteiger partial charge on any atom is 0.236 e. The minimum Gasteiger partial charge on any atom is -0.342 e. The fourth-order valence-corrected chi connectivity index (χ4v) is 3.67. The third kappa shape index (κ3) is 2.75. The van der Waals surface area contributed by atoms with Crippen molar-refractivity contribution < 1.29 is 9.59 Å². The number of rotatable bonds is 2.